The monoisotopic (exact) mass is 305 g/mol. The summed E-state index contributed by atoms with van der Waals surface area (Å²) in [5, 5.41) is 3.57. The van der Waals surface area contributed by atoms with E-state index >= 15 is 0 Å². The van der Waals surface area contributed by atoms with E-state index in [2.05, 4.69) is 43.4 Å². The van der Waals surface area contributed by atoms with Crippen molar-refractivity contribution in [2.75, 3.05) is 13.1 Å². The molecular weight excluding hydrogens is 285 g/mol. The molecule has 0 heterocycles. The van der Waals surface area contributed by atoms with Crippen LogP contribution in [0.2, 0.25) is 5.02 Å². The summed E-state index contributed by atoms with van der Waals surface area (Å²) in [7, 11) is 0. The van der Waals surface area contributed by atoms with Crippen LogP contribution in [0.3, 0.4) is 0 Å². The molecule has 0 aliphatic rings. The van der Waals surface area contributed by atoms with Crippen LogP contribution in [0.25, 0.3) is 0 Å². The lowest BCUT2D eigenvalue weighted by Gasteiger charge is -2.18. The quantitative estimate of drug-likeness (QED) is 0.814. The number of hydrogen-bond acceptors (Lipinski definition) is 1. The summed E-state index contributed by atoms with van der Waals surface area (Å²) < 4.78 is 13.6. The van der Waals surface area contributed by atoms with Crippen LogP contribution >= 0.6 is 11.6 Å². The fourth-order valence-electron chi connectivity index (χ4n) is 2.42. The predicted molar refractivity (Wildman–Crippen MR) is 87.6 cm³/mol. The van der Waals surface area contributed by atoms with Gasteiger partial charge in [0.05, 0.1) is 5.02 Å². The molecule has 1 atom stereocenters. The Labute approximate surface area is 131 Å². The second-order valence-electron chi connectivity index (χ2n) is 5.37. The zero-order chi connectivity index (χ0) is 15.2. The van der Waals surface area contributed by atoms with Gasteiger partial charge in [-0.1, -0.05) is 54.4 Å². The third kappa shape index (κ3) is 4.55. The van der Waals surface area contributed by atoms with E-state index in [9.17, 15) is 4.39 Å². The van der Waals surface area contributed by atoms with Gasteiger partial charge in [0.15, 0.2) is 0 Å². The van der Waals surface area contributed by atoms with Gasteiger partial charge in [-0.15, -0.1) is 0 Å². The van der Waals surface area contributed by atoms with Crippen molar-refractivity contribution in [3.05, 3.63) is 70.0 Å². The maximum Gasteiger partial charge on any atom is 0.142 e. The highest BCUT2D eigenvalue weighted by Gasteiger charge is 2.13. The van der Waals surface area contributed by atoms with E-state index in [1.807, 2.05) is 6.07 Å². The largest absolute Gasteiger partial charge is 0.316 e. The van der Waals surface area contributed by atoms with Crippen molar-refractivity contribution in [1.82, 2.24) is 5.32 Å². The highest BCUT2D eigenvalue weighted by Crippen LogP contribution is 2.23. The van der Waals surface area contributed by atoms with Crippen molar-refractivity contribution in [2.24, 2.45) is 0 Å². The Morgan fingerprint density at radius 2 is 1.86 bits per heavy atom. The molecule has 1 nitrogen and oxygen atoms in total. The van der Waals surface area contributed by atoms with Gasteiger partial charge in [0.2, 0.25) is 0 Å². The first kappa shape index (κ1) is 16.0. The van der Waals surface area contributed by atoms with Crippen molar-refractivity contribution in [2.45, 2.75) is 26.2 Å². The molecule has 112 valence electrons. The van der Waals surface area contributed by atoms with Crippen molar-refractivity contribution < 1.29 is 4.39 Å². The minimum Gasteiger partial charge on any atom is -0.316 e. The highest BCUT2D eigenvalue weighted by atomic mass is 35.5. The average Bonchev–Trinajstić information content (AvgIpc) is 2.48. The van der Waals surface area contributed by atoms with Gasteiger partial charge in [-0.25, -0.2) is 4.39 Å². The molecule has 0 bridgehead atoms. The molecule has 21 heavy (non-hydrogen) atoms. The van der Waals surface area contributed by atoms with E-state index < -0.39 is 0 Å². The fourth-order valence-corrected chi connectivity index (χ4v) is 2.53. The molecule has 0 fully saturated rings. The Kier molecular flexibility index (Phi) is 5.77. The molecule has 0 saturated carbocycles. The first-order valence-corrected chi connectivity index (χ1v) is 7.69. The van der Waals surface area contributed by atoms with Crippen LogP contribution < -0.4 is 5.32 Å². The van der Waals surface area contributed by atoms with Crippen LogP contribution in [0.15, 0.2) is 42.5 Å². The third-order valence-corrected chi connectivity index (χ3v) is 3.96. The smallest absolute Gasteiger partial charge is 0.142 e. The zero-order valence-corrected chi connectivity index (χ0v) is 13.3. The Hall–Kier alpha value is -1.38. The van der Waals surface area contributed by atoms with E-state index in [0.717, 1.165) is 25.1 Å². The van der Waals surface area contributed by atoms with Gasteiger partial charge in [0, 0.05) is 12.5 Å². The van der Waals surface area contributed by atoms with E-state index in [1.165, 1.54) is 17.2 Å². The lowest BCUT2D eigenvalue weighted by atomic mass is 9.91. The second kappa shape index (κ2) is 7.58. The summed E-state index contributed by atoms with van der Waals surface area (Å²) in [5.41, 5.74) is 3.50. The molecule has 0 aliphatic carbocycles. The SMILES string of the molecule is CCNCC(Cc1ccc(Cl)c(F)c1)c1ccc(C)cc1. The zero-order valence-electron chi connectivity index (χ0n) is 12.5. The molecule has 0 aromatic heterocycles. The van der Waals surface area contributed by atoms with Gasteiger partial charge in [-0.3, -0.25) is 0 Å². The normalized spacial score (nSPS) is 12.4. The van der Waals surface area contributed by atoms with Crippen LogP contribution in [-0.2, 0) is 6.42 Å². The summed E-state index contributed by atoms with van der Waals surface area (Å²) >= 11 is 5.75. The molecule has 0 amide bonds. The number of hydrogen-bond donors (Lipinski definition) is 1. The molecule has 2 rings (SSSR count). The molecule has 0 radical (unpaired) electrons. The van der Waals surface area contributed by atoms with E-state index in [1.54, 1.807) is 6.07 Å². The van der Waals surface area contributed by atoms with Crippen molar-refractivity contribution in [3.8, 4) is 0 Å². The Bertz CT molecular complexity index is 580. The standard InChI is InChI=1S/C18H21ClFN/c1-3-21-12-16(15-7-4-13(2)5-8-15)10-14-6-9-17(19)18(20)11-14/h4-9,11,16,21H,3,10,12H2,1-2H3. The second-order valence-corrected chi connectivity index (χ2v) is 5.78. The van der Waals surface area contributed by atoms with Gasteiger partial charge in [0.25, 0.3) is 0 Å². The number of rotatable bonds is 6. The molecule has 0 saturated heterocycles. The number of halogens is 2. The van der Waals surface area contributed by atoms with Crippen molar-refractivity contribution >= 4 is 11.6 Å². The summed E-state index contributed by atoms with van der Waals surface area (Å²) in [6.45, 7) is 5.98. The van der Waals surface area contributed by atoms with E-state index in [4.69, 9.17) is 11.6 Å². The number of aryl methyl sites for hydroxylation is 1. The summed E-state index contributed by atoms with van der Waals surface area (Å²) in [6.07, 6.45) is 0.796. The van der Waals surface area contributed by atoms with Gasteiger partial charge in [0.1, 0.15) is 5.82 Å². The first-order valence-electron chi connectivity index (χ1n) is 7.31. The van der Waals surface area contributed by atoms with E-state index in [0.29, 0.717) is 5.92 Å². The van der Waals surface area contributed by atoms with Gasteiger partial charge in [-0.05, 0) is 43.1 Å². The molecule has 0 spiro atoms. The topological polar surface area (TPSA) is 12.0 Å². The summed E-state index contributed by atoms with van der Waals surface area (Å²) in [5.74, 6) is -0.0219. The molecule has 1 N–H and O–H groups in total. The van der Waals surface area contributed by atoms with Crippen LogP contribution in [0.5, 0.6) is 0 Å². The maximum atomic E-state index is 13.6. The Morgan fingerprint density at radius 3 is 2.48 bits per heavy atom. The summed E-state index contributed by atoms with van der Waals surface area (Å²) in [6, 6.07) is 13.6. The predicted octanol–water partition coefficient (Wildman–Crippen LogP) is 4.72. The minimum atomic E-state index is -0.347. The van der Waals surface area contributed by atoms with Gasteiger partial charge >= 0.3 is 0 Å². The summed E-state index contributed by atoms with van der Waals surface area (Å²) in [4.78, 5) is 0. The highest BCUT2D eigenvalue weighted by molar-refractivity contribution is 6.30. The Balaban J connectivity index is 2.19. The Morgan fingerprint density at radius 1 is 1.14 bits per heavy atom. The maximum absolute atomic E-state index is 13.6. The van der Waals surface area contributed by atoms with Crippen LogP contribution in [0.4, 0.5) is 4.39 Å². The first-order chi connectivity index (χ1) is 10.1. The van der Waals surface area contributed by atoms with E-state index in [-0.39, 0.29) is 10.8 Å². The van der Waals surface area contributed by atoms with Crippen molar-refractivity contribution in [1.29, 1.82) is 0 Å². The van der Waals surface area contributed by atoms with Crippen LogP contribution in [0.1, 0.15) is 29.5 Å². The number of benzene rings is 2. The van der Waals surface area contributed by atoms with Crippen molar-refractivity contribution in [3.63, 3.8) is 0 Å². The lowest BCUT2D eigenvalue weighted by molar-refractivity contribution is 0.588. The fraction of sp³-hybridized carbons (Fsp3) is 0.333. The molecule has 0 aliphatic heterocycles. The molecule has 2 aromatic carbocycles. The third-order valence-electron chi connectivity index (χ3n) is 3.66. The van der Waals surface area contributed by atoms with Gasteiger partial charge < -0.3 is 5.32 Å². The van der Waals surface area contributed by atoms with Crippen LogP contribution in [0, 0.1) is 12.7 Å². The number of nitrogens with one attached hydrogen (secondary N) is 1. The van der Waals surface area contributed by atoms with Gasteiger partial charge in [-0.2, -0.15) is 0 Å². The molecule has 3 heteroatoms. The minimum absolute atomic E-state index is 0.178. The van der Waals surface area contributed by atoms with Crippen LogP contribution in [-0.4, -0.2) is 13.1 Å². The lowest BCUT2D eigenvalue weighted by Crippen LogP contribution is -2.22. The number of likely N-dealkylation sites (N-methyl/N-ethyl adjacent to an activating group) is 1. The average molecular weight is 306 g/mol. The molecular formula is C18H21ClFN. The molecule has 2 aromatic rings. The molecule has 1 unspecified atom stereocenters.